The number of benzene rings is 1. The fraction of sp³-hybridized carbons (Fsp3) is 0.0833. The van der Waals surface area contributed by atoms with Crippen LogP contribution in [0.2, 0.25) is 5.02 Å². The number of aromatic nitrogens is 1. The van der Waals surface area contributed by atoms with Gasteiger partial charge in [-0.05, 0) is 12.1 Å². The molecule has 4 N–H and O–H groups in total. The lowest BCUT2D eigenvalue weighted by molar-refractivity contribution is -0.384. The first kappa shape index (κ1) is 14.8. The van der Waals surface area contributed by atoms with Crippen LogP contribution in [-0.4, -0.2) is 17.0 Å². The van der Waals surface area contributed by atoms with Crippen molar-refractivity contribution >= 4 is 34.6 Å². The van der Waals surface area contributed by atoms with Crippen molar-refractivity contribution in [3.05, 3.63) is 45.5 Å². The topological polar surface area (TPSA) is 115 Å². The molecule has 0 radical (unpaired) electrons. The largest absolute Gasteiger partial charge is 0.495 e. The highest BCUT2D eigenvalue weighted by atomic mass is 35.5. The molecule has 0 spiro atoms. The Bertz CT molecular complexity index is 680. The number of hydrogen-bond donors (Lipinski definition) is 3. The normalized spacial score (nSPS) is 10.0. The average molecular weight is 310 g/mol. The summed E-state index contributed by atoms with van der Waals surface area (Å²) in [5.74, 6) is 6.16. The van der Waals surface area contributed by atoms with Crippen LogP contribution in [0.5, 0.6) is 5.75 Å². The first-order chi connectivity index (χ1) is 10.0. The van der Waals surface area contributed by atoms with Gasteiger partial charge in [0.15, 0.2) is 0 Å². The number of nitrogens with one attached hydrogen (secondary N) is 2. The molecule has 0 bridgehead atoms. The number of nitrogens with two attached hydrogens (primary N) is 1. The minimum absolute atomic E-state index is 0.138. The van der Waals surface area contributed by atoms with Crippen LogP contribution in [0.25, 0.3) is 0 Å². The van der Waals surface area contributed by atoms with Gasteiger partial charge in [-0.3, -0.25) is 10.1 Å². The lowest BCUT2D eigenvalue weighted by atomic mass is 10.3. The fourth-order valence-corrected chi connectivity index (χ4v) is 1.84. The smallest absolute Gasteiger partial charge is 0.276 e. The van der Waals surface area contributed by atoms with Gasteiger partial charge < -0.3 is 15.5 Å². The summed E-state index contributed by atoms with van der Waals surface area (Å²) in [6, 6.07) is 7.51. The van der Waals surface area contributed by atoms with Gasteiger partial charge in [0, 0.05) is 11.8 Å². The molecule has 1 aromatic carbocycles. The molecular weight excluding hydrogens is 298 g/mol. The molecule has 8 nitrogen and oxygen atoms in total. The van der Waals surface area contributed by atoms with Crippen LogP contribution in [0.3, 0.4) is 0 Å². The highest BCUT2D eigenvalue weighted by Gasteiger charge is 2.11. The summed E-state index contributed by atoms with van der Waals surface area (Å²) in [6.07, 6.45) is 0. The highest BCUT2D eigenvalue weighted by molar-refractivity contribution is 6.32. The Balaban J connectivity index is 2.34. The van der Waals surface area contributed by atoms with Gasteiger partial charge in [-0.25, -0.2) is 10.8 Å². The first-order valence-corrected chi connectivity index (χ1v) is 6.15. The van der Waals surface area contributed by atoms with E-state index in [0.717, 1.165) is 0 Å². The Kier molecular flexibility index (Phi) is 4.41. The maximum Gasteiger partial charge on any atom is 0.276 e. The molecule has 110 valence electrons. The number of rotatable bonds is 5. The first-order valence-electron chi connectivity index (χ1n) is 5.77. The van der Waals surface area contributed by atoms with Gasteiger partial charge in [0.2, 0.25) is 0 Å². The van der Waals surface area contributed by atoms with Crippen LogP contribution >= 0.6 is 11.6 Å². The van der Waals surface area contributed by atoms with Crippen molar-refractivity contribution in [3.8, 4) is 5.75 Å². The molecule has 0 aliphatic rings. The number of hydrogen-bond acceptors (Lipinski definition) is 7. The van der Waals surface area contributed by atoms with E-state index in [-0.39, 0.29) is 17.3 Å². The standard InChI is InChI=1S/C12H12ClN5O3/c1-21-10-4-7(2-3-9(10)13)15-11-5-8(18(19)20)6-12(16-11)17-14/h2-6H,14H2,1H3,(H2,15,16,17). The van der Waals surface area contributed by atoms with Crippen molar-refractivity contribution in [2.24, 2.45) is 5.84 Å². The second-order valence-electron chi connectivity index (χ2n) is 3.97. The molecule has 0 fully saturated rings. The number of methoxy groups -OCH3 is 1. The van der Waals surface area contributed by atoms with Gasteiger partial charge in [-0.15, -0.1) is 0 Å². The van der Waals surface area contributed by atoms with Crippen molar-refractivity contribution in [2.45, 2.75) is 0 Å². The average Bonchev–Trinajstić information content (AvgIpc) is 2.48. The van der Waals surface area contributed by atoms with E-state index >= 15 is 0 Å². The third kappa shape index (κ3) is 3.50. The van der Waals surface area contributed by atoms with Gasteiger partial charge in [-0.2, -0.15) is 0 Å². The van der Waals surface area contributed by atoms with Crippen LogP contribution in [0.1, 0.15) is 0 Å². The van der Waals surface area contributed by atoms with Crippen molar-refractivity contribution in [1.82, 2.24) is 4.98 Å². The lowest BCUT2D eigenvalue weighted by Crippen LogP contribution is -2.10. The monoisotopic (exact) mass is 309 g/mol. The number of ether oxygens (including phenoxy) is 1. The van der Waals surface area contributed by atoms with Crippen LogP contribution < -0.4 is 21.3 Å². The maximum atomic E-state index is 10.9. The Morgan fingerprint density at radius 3 is 2.67 bits per heavy atom. The second-order valence-corrected chi connectivity index (χ2v) is 4.38. The molecule has 2 rings (SSSR count). The molecule has 0 unspecified atom stereocenters. The summed E-state index contributed by atoms with van der Waals surface area (Å²) in [5.41, 5.74) is 2.76. The van der Waals surface area contributed by atoms with Crippen molar-refractivity contribution < 1.29 is 9.66 Å². The molecule has 0 aliphatic carbocycles. The van der Waals surface area contributed by atoms with Crippen molar-refractivity contribution in [1.29, 1.82) is 0 Å². The number of nitrogen functional groups attached to an aromatic ring is 1. The zero-order valence-corrected chi connectivity index (χ0v) is 11.7. The van der Waals surface area contributed by atoms with E-state index in [1.807, 2.05) is 0 Å². The summed E-state index contributed by atoms with van der Waals surface area (Å²) < 4.78 is 5.10. The van der Waals surface area contributed by atoms with Gasteiger partial charge >= 0.3 is 0 Å². The summed E-state index contributed by atoms with van der Waals surface area (Å²) in [5, 5.41) is 14.2. The van der Waals surface area contributed by atoms with Crippen molar-refractivity contribution in [2.75, 3.05) is 17.9 Å². The quantitative estimate of drug-likeness (QED) is 0.441. The van der Waals surface area contributed by atoms with Crippen LogP contribution in [0, 0.1) is 10.1 Å². The van der Waals surface area contributed by atoms with Crippen LogP contribution in [0.4, 0.5) is 23.0 Å². The lowest BCUT2D eigenvalue weighted by Gasteiger charge is -2.09. The Morgan fingerprint density at radius 1 is 1.33 bits per heavy atom. The Hall–Kier alpha value is -2.58. The number of halogens is 1. The summed E-state index contributed by atoms with van der Waals surface area (Å²) in [7, 11) is 1.49. The Morgan fingerprint density at radius 2 is 2.05 bits per heavy atom. The molecule has 0 aliphatic heterocycles. The third-order valence-corrected chi connectivity index (χ3v) is 2.90. The molecule has 0 saturated heterocycles. The molecule has 21 heavy (non-hydrogen) atoms. The third-order valence-electron chi connectivity index (χ3n) is 2.59. The predicted octanol–water partition coefficient (Wildman–Crippen LogP) is 2.68. The predicted molar refractivity (Wildman–Crippen MR) is 80.0 cm³/mol. The highest BCUT2D eigenvalue weighted by Crippen LogP contribution is 2.29. The molecule has 0 saturated carbocycles. The summed E-state index contributed by atoms with van der Waals surface area (Å²) >= 11 is 5.93. The van der Waals surface area contributed by atoms with Gasteiger partial charge in [0.05, 0.1) is 29.2 Å². The minimum Gasteiger partial charge on any atom is -0.495 e. The molecule has 2 aromatic rings. The van der Waals surface area contributed by atoms with Crippen molar-refractivity contribution in [3.63, 3.8) is 0 Å². The van der Waals surface area contributed by atoms with E-state index in [2.05, 4.69) is 15.7 Å². The number of nitrogens with zero attached hydrogens (tertiary/aromatic N) is 2. The molecular formula is C12H12ClN5O3. The van der Waals surface area contributed by atoms with E-state index in [0.29, 0.717) is 16.5 Å². The minimum atomic E-state index is -0.532. The zero-order chi connectivity index (χ0) is 15.4. The number of anilines is 3. The van der Waals surface area contributed by atoms with E-state index in [4.69, 9.17) is 22.2 Å². The summed E-state index contributed by atoms with van der Waals surface area (Å²) in [4.78, 5) is 14.4. The molecule has 1 aromatic heterocycles. The zero-order valence-electron chi connectivity index (χ0n) is 11.0. The van der Waals surface area contributed by atoms with E-state index < -0.39 is 4.92 Å². The van der Waals surface area contributed by atoms with E-state index in [1.165, 1.54) is 19.2 Å². The number of pyridine rings is 1. The van der Waals surface area contributed by atoms with Crippen LogP contribution in [0.15, 0.2) is 30.3 Å². The number of nitro groups is 1. The van der Waals surface area contributed by atoms with Gasteiger partial charge in [0.25, 0.3) is 5.69 Å². The molecule has 0 atom stereocenters. The number of hydrazine groups is 1. The van der Waals surface area contributed by atoms with Gasteiger partial charge in [-0.1, -0.05) is 11.6 Å². The fourth-order valence-electron chi connectivity index (χ4n) is 1.64. The summed E-state index contributed by atoms with van der Waals surface area (Å²) in [6.45, 7) is 0. The SMILES string of the molecule is COc1cc(Nc2cc([N+](=O)[O-])cc(NN)n2)ccc1Cl. The molecule has 9 heteroatoms. The van der Waals surface area contributed by atoms with Gasteiger partial charge in [0.1, 0.15) is 17.4 Å². The van der Waals surface area contributed by atoms with E-state index in [9.17, 15) is 10.1 Å². The molecule has 1 heterocycles. The maximum absolute atomic E-state index is 10.9. The Labute approximate surface area is 125 Å². The van der Waals surface area contributed by atoms with Crippen LogP contribution in [-0.2, 0) is 0 Å². The van der Waals surface area contributed by atoms with E-state index in [1.54, 1.807) is 18.2 Å². The molecule has 0 amide bonds. The second kappa shape index (κ2) is 6.25.